The van der Waals surface area contributed by atoms with E-state index in [2.05, 4.69) is 77.3 Å². The molecule has 1 aliphatic heterocycles. The topological polar surface area (TPSA) is 9.23 Å². The second-order valence-corrected chi connectivity index (χ2v) is 16.2. The van der Waals surface area contributed by atoms with E-state index in [0.29, 0.717) is 12.0 Å². The molecule has 0 radical (unpaired) electrons. The molecule has 0 saturated carbocycles. The molecule has 3 heteroatoms. The van der Waals surface area contributed by atoms with Crippen molar-refractivity contribution in [2.75, 3.05) is 0 Å². The minimum atomic E-state index is -1.71. The van der Waals surface area contributed by atoms with Gasteiger partial charge in [-0.2, -0.15) is 0 Å². The van der Waals surface area contributed by atoms with E-state index < -0.39 is 16.4 Å². The van der Waals surface area contributed by atoms with Crippen molar-refractivity contribution in [2.24, 2.45) is 5.92 Å². The van der Waals surface area contributed by atoms with Gasteiger partial charge in [-0.25, -0.2) is 0 Å². The number of hydrogen-bond acceptors (Lipinski definition) is 1. The van der Waals surface area contributed by atoms with Crippen LogP contribution in [0.5, 0.6) is 0 Å². The molecule has 0 bridgehead atoms. The van der Waals surface area contributed by atoms with Crippen molar-refractivity contribution in [2.45, 2.75) is 65.9 Å². The summed E-state index contributed by atoms with van der Waals surface area (Å²) in [7, 11) is -3.30. The predicted octanol–water partition coefficient (Wildman–Crippen LogP) is 5.04. The Morgan fingerprint density at radius 1 is 1.23 bits per heavy atom. The summed E-state index contributed by atoms with van der Waals surface area (Å²) in [5.41, 5.74) is 0. The molecule has 22 heavy (non-hydrogen) atoms. The van der Waals surface area contributed by atoms with Gasteiger partial charge >= 0.3 is 0 Å². The van der Waals surface area contributed by atoms with Crippen molar-refractivity contribution in [1.82, 2.24) is 0 Å². The molecule has 2 rings (SSSR count). The number of benzene rings is 1. The molecule has 1 atom stereocenters. The van der Waals surface area contributed by atoms with E-state index in [1.165, 1.54) is 12.8 Å². The molecule has 1 fully saturated rings. The Hall–Kier alpha value is -0.646. The van der Waals surface area contributed by atoms with Crippen LogP contribution < -0.4 is 5.19 Å². The molecule has 1 nitrogen and oxygen atoms in total. The molecule has 1 saturated heterocycles. The van der Waals surface area contributed by atoms with E-state index in [1.54, 1.807) is 15.6 Å². The Morgan fingerprint density at radius 2 is 1.82 bits per heavy atom. The summed E-state index contributed by atoms with van der Waals surface area (Å²) in [6.07, 6.45) is 2.77. The zero-order valence-electron chi connectivity index (χ0n) is 15.4. The van der Waals surface area contributed by atoms with Gasteiger partial charge in [-0.15, -0.1) is 0 Å². The SMILES string of the molecule is CC/C(=C1\CC(C(C)C)O[Si]1(C)C)[Si](C)(C)c1ccccc1. The molecule has 1 aromatic rings. The molecule has 1 heterocycles. The zero-order valence-corrected chi connectivity index (χ0v) is 17.4. The smallest absolute Gasteiger partial charge is 0.214 e. The standard InChI is InChI=1S/C19H32OSi2/c1-8-18(21(4,5)16-12-10-9-11-13-16)19-14-17(15(2)3)20-22(19,6)7/h9-13,15,17H,8,14H2,1-7H3/b19-18-. The summed E-state index contributed by atoms with van der Waals surface area (Å²) in [6, 6.07) is 11.2. The Bertz CT molecular complexity index is 544. The third-order valence-electron chi connectivity index (χ3n) is 5.29. The largest absolute Gasteiger partial charge is 0.410 e. The van der Waals surface area contributed by atoms with Gasteiger partial charge in [0.1, 0.15) is 8.07 Å². The fourth-order valence-electron chi connectivity index (χ4n) is 3.86. The van der Waals surface area contributed by atoms with Crippen LogP contribution in [0.2, 0.25) is 26.2 Å². The van der Waals surface area contributed by atoms with Gasteiger partial charge in [0, 0.05) is 0 Å². The minimum Gasteiger partial charge on any atom is -0.410 e. The first kappa shape index (κ1) is 17.7. The minimum absolute atomic E-state index is 0.429. The van der Waals surface area contributed by atoms with E-state index in [4.69, 9.17) is 4.43 Å². The van der Waals surface area contributed by atoms with Crippen molar-refractivity contribution < 1.29 is 4.43 Å². The third kappa shape index (κ3) is 3.31. The van der Waals surface area contributed by atoms with Gasteiger partial charge in [-0.3, -0.25) is 0 Å². The van der Waals surface area contributed by atoms with Gasteiger partial charge in [0.15, 0.2) is 0 Å². The first-order valence-corrected chi connectivity index (χ1v) is 14.6. The summed E-state index contributed by atoms with van der Waals surface area (Å²) < 4.78 is 6.54. The fourth-order valence-corrected chi connectivity index (χ4v) is 11.7. The molecule has 1 aliphatic rings. The molecule has 0 aromatic heterocycles. The lowest BCUT2D eigenvalue weighted by Crippen LogP contribution is -2.46. The van der Waals surface area contributed by atoms with Crippen LogP contribution in [-0.4, -0.2) is 22.5 Å². The maximum absolute atomic E-state index is 6.54. The van der Waals surface area contributed by atoms with Crippen molar-refractivity contribution in [3.63, 3.8) is 0 Å². The molecule has 1 unspecified atom stereocenters. The van der Waals surface area contributed by atoms with Crippen LogP contribution in [0.15, 0.2) is 40.7 Å². The van der Waals surface area contributed by atoms with Gasteiger partial charge in [-0.1, -0.05) is 79.8 Å². The fraction of sp³-hybridized carbons (Fsp3) is 0.579. The Balaban J connectivity index is 2.50. The van der Waals surface area contributed by atoms with Gasteiger partial charge in [-0.05, 0) is 31.9 Å². The molecule has 1 aromatic carbocycles. The number of rotatable bonds is 4. The quantitative estimate of drug-likeness (QED) is 0.702. The number of hydrogen-bond donors (Lipinski definition) is 0. The molecular weight excluding hydrogens is 300 g/mol. The van der Waals surface area contributed by atoms with Crippen LogP contribution in [0.3, 0.4) is 0 Å². The number of allylic oxidation sites excluding steroid dienone is 1. The van der Waals surface area contributed by atoms with Crippen molar-refractivity contribution in [1.29, 1.82) is 0 Å². The molecule has 0 N–H and O–H groups in total. The first-order valence-electron chi connectivity index (χ1n) is 8.66. The van der Waals surface area contributed by atoms with Crippen molar-refractivity contribution in [3.8, 4) is 0 Å². The van der Waals surface area contributed by atoms with Crippen LogP contribution in [0.1, 0.15) is 33.6 Å². The second-order valence-electron chi connectivity index (χ2n) is 7.92. The average molecular weight is 333 g/mol. The van der Waals surface area contributed by atoms with Crippen molar-refractivity contribution >= 4 is 21.6 Å². The lowest BCUT2D eigenvalue weighted by Gasteiger charge is -2.31. The summed E-state index contributed by atoms with van der Waals surface area (Å²) in [5.74, 6) is 0.615. The third-order valence-corrected chi connectivity index (χ3v) is 12.3. The molecule has 0 aliphatic carbocycles. The van der Waals surface area contributed by atoms with E-state index in [9.17, 15) is 0 Å². The van der Waals surface area contributed by atoms with E-state index in [0.717, 1.165) is 0 Å². The highest BCUT2D eigenvalue weighted by atomic mass is 28.4. The predicted molar refractivity (Wildman–Crippen MR) is 103 cm³/mol. The van der Waals surface area contributed by atoms with Gasteiger partial charge in [0.2, 0.25) is 8.32 Å². The highest BCUT2D eigenvalue weighted by Crippen LogP contribution is 2.40. The van der Waals surface area contributed by atoms with Gasteiger partial charge in [0.25, 0.3) is 0 Å². The zero-order chi connectivity index (χ0) is 16.5. The second kappa shape index (κ2) is 6.46. The van der Waals surface area contributed by atoms with E-state index in [1.807, 2.05) is 0 Å². The van der Waals surface area contributed by atoms with E-state index >= 15 is 0 Å². The first-order chi connectivity index (χ1) is 10.2. The maximum Gasteiger partial charge on any atom is 0.214 e. The van der Waals surface area contributed by atoms with Crippen LogP contribution in [0.4, 0.5) is 0 Å². The average Bonchev–Trinajstić information content (AvgIpc) is 2.77. The Labute approximate surface area is 138 Å². The normalized spacial score (nSPS) is 23.9. The van der Waals surface area contributed by atoms with Crippen LogP contribution >= 0.6 is 0 Å². The Kier molecular flexibility index (Phi) is 5.20. The Morgan fingerprint density at radius 3 is 2.27 bits per heavy atom. The highest BCUT2D eigenvalue weighted by molar-refractivity contribution is 6.97. The summed E-state index contributed by atoms with van der Waals surface area (Å²) >= 11 is 0. The highest BCUT2D eigenvalue weighted by Gasteiger charge is 2.44. The van der Waals surface area contributed by atoms with Crippen LogP contribution in [0.25, 0.3) is 0 Å². The molecular formula is C19H32OSi2. The van der Waals surface area contributed by atoms with Crippen LogP contribution in [-0.2, 0) is 4.43 Å². The monoisotopic (exact) mass is 332 g/mol. The van der Waals surface area contributed by atoms with Gasteiger partial charge < -0.3 is 4.43 Å². The summed E-state index contributed by atoms with van der Waals surface area (Å²) in [6.45, 7) is 16.8. The van der Waals surface area contributed by atoms with Gasteiger partial charge in [0.05, 0.1) is 6.10 Å². The lowest BCUT2D eigenvalue weighted by atomic mass is 10.0. The molecule has 0 amide bonds. The summed E-state index contributed by atoms with van der Waals surface area (Å²) in [4.78, 5) is 0. The van der Waals surface area contributed by atoms with Crippen LogP contribution in [0, 0.1) is 5.92 Å². The lowest BCUT2D eigenvalue weighted by molar-refractivity contribution is 0.170. The van der Waals surface area contributed by atoms with Crippen molar-refractivity contribution in [3.05, 3.63) is 40.7 Å². The van der Waals surface area contributed by atoms with E-state index in [-0.39, 0.29) is 0 Å². The molecule has 122 valence electrons. The molecule has 0 spiro atoms. The summed E-state index contributed by atoms with van der Waals surface area (Å²) in [5, 5.41) is 5.02. The maximum atomic E-state index is 6.54.